The standard InChI is InChI=1S/C19H19N3O.CH5N/c1-3-5-19(18-6-4-11-20-13-18)22-15(2)21-12-16-7-9-17(14-23)10-8-16;1-2/h3-11,13-14,21H,2,12H2,1H3;2H2,1H3/b5-3-,22-19+;. The molecule has 1 heterocycles. The molecule has 0 aliphatic rings. The molecule has 1 aromatic heterocycles. The number of hydrogen-bond acceptors (Lipinski definition) is 5. The van der Waals surface area contributed by atoms with Gasteiger partial charge in [0.2, 0.25) is 0 Å². The predicted octanol–water partition coefficient (Wildman–Crippen LogP) is 3.10. The number of nitrogens with zero attached hydrogens (tertiary/aromatic N) is 2. The lowest BCUT2D eigenvalue weighted by Crippen LogP contribution is -2.12. The summed E-state index contributed by atoms with van der Waals surface area (Å²) in [4.78, 5) is 19.3. The van der Waals surface area contributed by atoms with Crippen molar-refractivity contribution in [3.8, 4) is 0 Å². The molecule has 2 rings (SSSR count). The number of pyridine rings is 1. The molecule has 0 saturated carbocycles. The Morgan fingerprint density at radius 1 is 1.28 bits per heavy atom. The third kappa shape index (κ3) is 6.93. The smallest absolute Gasteiger partial charge is 0.150 e. The fourth-order valence-corrected chi connectivity index (χ4v) is 1.97. The third-order valence-corrected chi connectivity index (χ3v) is 3.15. The molecule has 1 aromatic carbocycles. The van der Waals surface area contributed by atoms with Gasteiger partial charge in [0.25, 0.3) is 0 Å². The molecule has 0 atom stereocenters. The van der Waals surface area contributed by atoms with Crippen LogP contribution in [0.5, 0.6) is 0 Å². The van der Waals surface area contributed by atoms with Crippen LogP contribution in [0.4, 0.5) is 0 Å². The number of nitrogens with one attached hydrogen (secondary N) is 1. The van der Waals surface area contributed by atoms with E-state index < -0.39 is 0 Å². The second-order valence-corrected chi connectivity index (χ2v) is 4.90. The van der Waals surface area contributed by atoms with Crippen LogP contribution >= 0.6 is 0 Å². The molecule has 130 valence electrons. The summed E-state index contributed by atoms with van der Waals surface area (Å²) >= 11 is 0. The Labute approximate surface area is 149 Å². The number of carbonyl (C=O) groups is 1. The molecule has 0 unspecified atom stereocenters. The van der Waals surface area contributed by atoms with Crippen LogP contribution in [0.3, 0.4) is 0 Å². The Morgan fingerprint density at radius 2 is 2.00 bits per heavy atom. The average molecular weight is 336 g/mol. The summed E-state index contributed by atoms with van der Waals surface area (Å²) in [7, 11) is 1.50. The molecule has 25 heavy (non-hydrogen) atoms. The monoisotopic (exact) mass is 336 g/mol. The van der Waals surface area contributed by atoms with Crippen molar-refractivity contribution in [3.05, 3.63) is 90.0 Å². The van der Waals surface area contributed by atoms with Crippen molar-refractivity contribution >= 4 is 12.0 Å². The first-order valence-corrected chi connectivity index (χ1v) is 7.89. The summed E-state index contributed by atoms with van der Waals surface area (Å²) in [5, 5.41) is 3.17. The van der Waals surface area contributed by atoms with E-state index in [0.717, 1.165) is 23.1 Å². The van der Waals surface area contributed by atoms with Gasteiger partial charge >= 0.3 is 0 Å². The number of carbonyl (C=O) groups excluding carboxylic acids is 1. The number of aliphatic imine (C=N–C) groups is 1. The minimum absolute atomic E-state index is 0.571. The van der Waals surface area contributed by atoms with E-state index in [0.29, 0.717) is 17.9 Å². The molecule has 5 nitrogen and oxygen atoms in total. The van der Waals surface area contributed by atoms with Crippen LogP contribution in [0.25, 0.3) is 0 Å². The number of hydrogen-bond donors (Lipinski definition) is 2. The average Bonchev–Trinajstić information content (AvgIpc) is 2.68. The van der Waals surface area contributed by atoms with Crippen molar-refractivity contribution in [2.45, 2.75) is 13.5 Å². The molecule has 0 aliphatic carbocycles. The van der Waals surface area contributed by atoms with Crippen molar-refractivity contribution in [3.63, 3.8) is 0 Å². The fourth-order valence-electron chi connectivity index (χ4n) is 1.97. The minimum Gasteiger partial charge on any atom is -0.366 e. The van der Waals surface area contributed by atoms with Gasteiger partial charge in [-0.25, -0.2) is 4.99 Å². The van der Waals surface area contributed by atoms with Gasteiger partial charge in [-0.2, -0.15) is 0 Å². The Kier molecular flexibility index (Phi) is 9.18. The lowest BCUT2D eigenvalue weighted by molar-refractivity contribution is 0.112. The molecule has 0 spiro atoms. The number of benzene rings is 1. The molecule has 0 aliphatic heterocycles. The van der Waals surface area contributed by atoms with E-state index in [1.54, 1.807) is 24.5 Å². The van der Waals surface area contributed by atoms with Gasteiger partial charge in [0.05, 0.1) is 5.71 Å². The van der Waals surface area contributed by atoms with Crippen molar-refractivity contribution < 1.29 is 4.79 Å². The largest absolute Gasteiger partial charge is 0.366 e. The predicted molar refractivity (Wildman–Crippen MR) is 104 cm³/mol. The van der Waals surface area contributed by atoms with Gasteiger partial charge in [0.1, 0.15) is 12.1 Å². The lowest BCUT2D eigenvalue weighted by atomic mass is 10.1. The van der Waals surface area contributed by atoms with Crippen LogP contribution < -0.4 is 11.1 Å². The molecule has 2 aromatic rings. The maximum Gasteiger partial charge on any atom is 0.150 e. The fraction of sp³-hybridized carbons (Fsp3) is 0.150. The van der Waals surface area contributed by atoms with Crippen molar-refractivity contribution in [1.82, 2.24) is 10.3 Å². The topological polar surface area (TPSA) is 80.4 Å². The van der Waals surface area contributed by atoms with Gasteiger partial charge < -0.3 is 11.1 Å². The Balaban J connectivity index is 0.00000151. The molecule has 3 N–H and O–H groups in total. The molecular weight excluding hydrogens is 312 g/mol. The number of aromatic nitrogens is 1. The zero-order valence-corrected chi connectivity index (χ0v) is 14.6. The highest BCUT2D eigenvalue weighted by Crippen LogP contribution is 2.06. The van der Waals surface area contributed by atoms with Crippen LogP contribution in [0, 0.1) is 0 Å². The van der Waals surface area contributed by atoms with Crippen LogP contribution in [0.2, 0.25) is 0 Å². The third-order valence-electron chi connectivity index (χ3n) is 3.15. The second-order valence-electron chi connectivity index (χ2n) is 4.90. The normalized spacial score (nSPS) is 10.8. The first-order chi connectivity index (χ1) is 12.2. The SMILES string of the molecule is C=C(/N=C(\C=C/C)c1cccnc1)NCc1ccc(C=O)cc1.CN. The van der Waals surface area contributed by atoms with E-state index in [2.05, 4.69) is 27.6 Å². The summed E-state index contributed by atoms with van der Waals surface area (Å²) in [5.41, 5.74) is 7.96. The summed E-state index contributed by atoms with van der Waals surface area (Å²) in [6.07, 6.45) is 8.18. The first kappa shape index (κ1) is 20.0. The molecule has 0 fully saturated rings. The number of allylic oxidation sites excluding steroid dienone is 2. The second kappa shape index (κ2) is 11.5. The molecule has 5 heteroatoms. The van der Waals surface area contributed by atoms with E-state index >= 15 is 0 Å². The molecule has 0 bridgehead atoms. The number of aldehydes is 1. The molecular formula is C20H24N4O. The highest BCUT2D eigenvalue weighted by atomic mass is 16.1. The molecule has 0 saturated heterocycles. The van der Waals surface area contributed by atoms with Crippen LogP contribution in [0.1, 0.15) is 28.4 Å². The quantitative estimate of drug-likeness (QED) is 0.601. The van der Waals surface area contributed by atoms with Gasteiger partial charge in [-0.05, 0) is 37.7 Å². The maximum absolute atomic E-state index is 10.6. The van der Waals surface area contributed by atoms with Crippen LogP contribution in [-0.2, 0) is 6.54 Å². The van der Waals surface area contributed by atoms with Crippen LogP contribution in [-0.4, -0.2) is 24.0 Å². The van der Waals surface area contributed by atoms with E-state index in [1.165, 1.54) is 7.05 Å². The Hall–Kier alpha value is -3.05. The van der Waals surface area contributed by atoms with E-state index in [1.807, 2.05) is 43.3 Å². The van der Waals surface area contributed by atoms with Gasteiger partial charge in [0, 0.05) is 30.1 Å². The highest BCUT2D eigenvalue weighted by molar-refractivity contribution is 6.08. The summed E-state index contributed by atoms with van der Waals surface area (Å²) in [5.74, 6) is 0.571. The summed E-state index contributed by atoms with van der Waals surface area (Å²) in [6.45, 7) is 6.48. The number of nitrogens with two attached hydrogens (primary N) is 1. The van der Waals surface area contributed by atoms with Crippen molar-refractivity contribution in [2.75, 3.05) is 7.05 Å². The van der Waals surface area contributed by atoms with Crippen molar-refractivity contribution in [1.29, 1.82) is 0 Å². The summed E-state index contributed by atoms with van der Waals surface area (Å²) < 4.78 is 0. The lowest BCUT2D eigenvalue weighted by Gasteiger charge is -2.08. The van der Waals surface area contributed by atoms with Crippen LogP contribution in [0.15, 0.2) is 78.3 Å². The molecule has 0 amide bonds. The first-order valence-electron chi connectivity index (χ1n) is 7.89. The Bertz CT molecular complexity index is 719. The van der Waals surface area contributed by atoms with E-state index in [-0.39, 0.29) is 0 Å². The molecule has 0 radical (unpaired) electrons. The zero-order valence-electron chi connectivity index (χ0n) is 14.6. The van der Waals surface area contributed by atoms with E-state index in [4.69, 9.17) is 0 Å². The zero-order chi connectivity index (χ0) is 18.5. The van der Waals surface area contributed by atoms with Gasteiger partial charge in [0.15, 0.2) is 0 Å². The number of rotatable bonds is 7. The minimum atomic E-state index is 0.571. The van der Waals surface area contributed by atoms with Gasteiger partial charge in [-0.1, -0.05) is 36.9 Å². The van der Waals surface area contributed by atoms with Crippen molar-refractivity contribution in [2.24, 2.45) is 10.7 Å². The van der Waals surface area contributed by atoms with Gasteiger partial charge in [-0.15, -0.1) is 0 Å². The summed E-state index contributed by atoms with van der Waals surface area (Å²) in [6, 6.07) is 11.2. The highest BCUT2D eigenvalue weighted by Gasteiger charge is 2.01. The maximum atomic E-state index is 10.6. The Morgan fingerprint density at radius 3 is 2.56 bits per heavy atom. The van der Waals surface area contributed by atoms with E-state index in [9.17, 15) is 4.79 Å². The van der Waals surface area contributed by atoms with Gasteiger partial charge in [-0.3, -0.25) is 9.78 Å².